The molecule has 39 heavy (non-hydrogen) atoms. The molecule has 2 aromatic rings. The first-order valence-corrected chi connectivity index (χ1v) is 14.6. The van der Waals surface area contributed by atoms with Crippen molar-refractivity contribution in [3.8, 4) is 6.07 Å². The first-order chi connectivity index (χ1) is 18.8. The number of likely N-dealkylation sites (tertiary alicyclic amines) is 1. The first kappa shape index (κ1) is 27.9. The minimum absolute atomic E-state index is 0.114. The van der Waals surface area contributed by atoms with Crippen LogP contribution in [-0.2, 0) is 4.79 Å². The van der Waals surface area contributed by atoms with Gasteiger partial charge < -0.3 is 15.1 Å². The number of halogens is 2. The number of fused-ring (bicyclic) bond motifs is 1. The van der Waals surface area contributed by atoms with Crippen LogP contribution in [0.15, 0.2) is 27.9 Å². The van der Waals surface area contributed by atoms with E-state index in [4.69, 9.17) is 28.2 Å². The smallest absolute Gasteiger partial charge is 0.219 e. The summed E-state index contributed by atoms with van der Waals surface area (Å²) in [5.74, 6) is 2.38. The van der Waals surface area contributed by atoms with Gasteiger partial charge in [0.1, 0.15) is 17.4 Å². The number of hydrogen-bond donors (Lipinski definition) is 1. The summed E-state index contributed by atoms with van der Waals surface area (Å²) in [4.78, 5) is 25.9. The number of anilines is 1. The maximum Gasteiger partial charge on any atom is 0.219 e. The van der Waals surface area contributed by atoms with E-state index in [9.17, 15) is 10.1 Å². The third kappa shape index (κ3) is 5.79. The van der Waals surface area contributed by atoms with E-state index in [1.54, 1.807) is 17.9 Å². The number of nitrogens with zero attached hydrogens (tertiary/aromatic N) is 7. The highest BCUT2D eigenvalue weighted by atomic mass is 35.5. The van der Waals surface area contributed by atoms with E-state index in [0.29, 0.717) is 34.5 Å². The molecule has 2 aliphatic heterocycles. The van der Waals surface area contributed by atoms with Crippen molar-refractivity contribution in [2.24, 2.45) is 17.8 Å². The van der Waals surface area contributed by atoms with Gasteiger partial charge in [0.05, 0.1) is 12.2 Å². The number of nitriles is 1. The molecule has 3 unspecified atom stereocenters. The average molecular weight is 572 g/mol. The monoisotopic (exact) mass is 570 g/mol. The molecule has 1 N–H and O–H groups in total. The van der Waals surface area contributed by atoms with Gasteiger partial charge in [0, 0.05) is 43.2 Å². The highest BCUT2D eigenvalue weighted by Gasteiger charge is 2.37. The highest BCUT2D eigenvalue weighted by Crippen LogP contribution is 2.39. The van der Waals surface area contributed by atoms with E-state index in [1.807, 2.05) is 13.0 Å². The maximum atomic E-state index is 11.5. The summed E-state index contributed by atoms with van der Waals surface area (Å²) in [6.45, 7) is 9.20. The Hall–Kier alpha value is -2.67. The fraction of sp³-hybridized carbons (Fsp3) is 0.607. The molecule has 208 valence electrons. The molecule has 0 aromatic carbocycles. The zero-order valence-electron chi connectivity index (χ0n) is 22.8. The molecule has 5 rings (SSSR count). The van der Waals surface area contributed by atoms with E-state index >= 15 is 0 Å². The Morgan fingerprint density at radius 2 is 2.08 bits per heavy atom. The number of nitrogens with one attached hydrogen (secondary N) is 1. The standard InChI is InChI=1S/C28H36Cl2N8O/c1-17-10-21(23(30)11-22(17)29)18(2)38-28-27(24(12-31)35-38)33-13-25(34-28)37-15-20(16-37)19-6-4-8-36(14-19)9-5-7-26(39)32-3/h11,13,17-20H,4-10,14-16H2,1-3H3,(H,32,39). The summed E-state index contributed by atoms with van der Waals surface area (Å²) in [7, 11) is 1.69. The lowest BCUT2D eigenvalue weighted by atomic mass is 9.80. The molecule has 4 heterocycles. The van der Waals surface area contributed by atoms with Gasteiger partial charge in [-0.15, -0.1) is 0 Å². The third-order valence-corrected chi connectivity index (χ3v) is 9.37. The van der Waals surface area contributed by atoms with Crippen LogP contribution in [0.2, 0.25) is 0 Å². The Bertz CT molecular complexity index is 1340. The van der Waals surface area contributed by atoms with Crippen molar-refractivity contribution in [2.45, 2.75) is 52.0 Å². The summed E-state index contributed by atoms with van der Waals surface area (Å²) in [5, 5.41) is 18.4. The van der Waals surface area contributed by atoms with E-state index in [2.05, 4.69) is 38.2 Å². The number of rotatable bonds is 8. The van der Waals surface area contributed by atoms with Crippen molar-refractivity contribution in [3.63, 3.8) is 0 Å². The molecule has 9 nitrogen and oxygen atoms in total. The molecular formula is C28H36Cl2N8O. The lowest BCUT2D eigenvalue weighted by Gasteiger charge is -2.47. The zero-order valence-corrected chi connectivity index (χ0v) is 24.3. The molecule has 2 fully saturated rings. The number of piperidine rings is 1. The fourth-order valence-electron chi connectivity index (χ4n) is 6.06. The minimum Gasteiger partial charge on any atom is -0.359 e. The van der Waals surface area contributed by atoms with Gasteiger partial charge in [-0.25, -0.2) is 14.6 Å². The SMILES string of the molecule is CNC(=O)CCCN1CCCC(C2CN(c3cnc4c(C#N)nn(C(C)C5=C(Cl)C=C(Cl)C(C)C5)c4n3)C2)C1. The van der Waals surface area contributed by atoms with Crippen LogP contribution >= 0.6 is 23.2 Å². The number of carbonyl (C=O) groups excluding carboxylic acids is 1. The molecular weight excluding hydrogens is 535 g/mol. The lowest BCUT2D eigenvalue weighted by Crippen LogP contribution is -2.54. The molecule has 11 heteroatoms. The number of aromatic nitrogens is 4. The van der Waals surface area contributed by atoms with Gasteiger partial charge in [0.25, 0.3) is 0 Å². The second-order valence-corrected chi connectivity index (χ2v) is 12.0. The fourth-order valence-corrected chi connectivity index (χ4v) is 6.66. The predicted octanol–water partition coefficient (Wildman–Crippen LogP) is 4.59. The predicted molar refractivity (Wildman–Crippen MR) is 154 cm³/mol. The van der Waals surface area contributed by atoms with Crippen LogP contribution in [0, 0.1) is 29.1 Å². The molecule has 1 aliphatic carbocycles. The number of hydrogen-bond acceptors (Lipinski definition) is 7. The van der Waals surface area contributed by atoms with E-state index in [-0.39, 0.29) is 23.6 Å². The Labute approximate surface area is 239 Å². The van der Waals surface area contributed by atoms with Gasteiger partial charge in [0.2, 0.25) is 5.91 Å². The second kappa shape index (κ2) is 11.8. The number of allylic oxidation sites excluding steroid dienone is 4. The highest BCUT2D eigenvalue weighted by molar-refractivity contribution is 6.35. The molecule has 0 saturated carbocycles. The van der Waals surface area contributed by atoms with Crippen LogP contribution in [0.4, 0.5) is 5.82 Å². The van der Waals surface area contributed by atoms with Crippen LogP contribution in [0.1, 0.15) is 57.7 Å². The summed E-state index contributed by atoms with van der Waals surface area (Å²) in [6.07, 6.45) is 8.25. The second-order valence-electron chi connectivity index (χ2n) is 11.1. The molecule has 0 bridgehead atoms. The molecule has 3 atom stereocenters. The Morgan fingerprint density at radius 1 is 1.28 bits per heavy atom. The summed E-state index contributed by atoms with van der Waals surface area (Å²) in [6, 6.07) is 1.99. The first-order valence-electron chi connectivity index (χ1n) is 13.9. The van der Waals surface area contributed by atoms with Crippen LogP contribution in [0.25, 0.3) is 11.2 Å². The van der Waals surface area contributed by atoms with Crippen molar-refractivity contribution in [2.75, 3.05) is 44.7 Å². The lowest BCUT2D eigenvalue weighted by molar-refractivity contribution is -0.120. The molecule has 0 spiro atoms. The van der Waals surface area contributed by atoms with Gasteiger partial charge in [-0.05, 0) is 75.1 Å². The normalized spacial score (nSPS) is 23.4. The van der Waals surface area contributed by atoms with E-state index in [0.717, 1.165) is 62.0 Å². The quantitative estimate of drug-likeness (QED) is 0.495. The van der Waals surface area contributed by atoms with Crippen LogP contribution in [-0.4, -0.2) is 70.3 Å². The Balaban J connectivity index is 1.28. The Morgan fingerprint density at radius 3 is 2.82 bits per heavy atom. The molecule has 0 radical (unpaired) electrons. The van der Waals surface area contributed by atoms with Crippen molar-refractivity contribution in [1.82, 2.24) is 30.0 Å². The topological polar surface area (TPSA) is 103 Å². The molecule has 2 saturated heterocycles. The van der Waals surface area contributed by atoms with Crippen molar-refractivity contribution < 1.29 is 4.79 Å². The van der Waals surface area contributed by atoms with Gasteiger partial charge in [-0.2, -0.15) is 10.4 Å². The maximum absolute atomic E-state index is 11.5. The molecule has 1 amide bonds. The van der Waals surface area contributed by atoms with Crippen molar-refractivity contribution >= 4 is 46.1 Å². The summed E-state index contributed by atoms with van der Waals surface area (Å²) in [5.41, 5.74) is 2.41. The van der Waals surface area contributed by atoms with Crippen LogP contribution in [0.5, 0.6) is 0 Å². The van der Waals surface area contributed by atoms with E-state index in [1.165, 1.54) is 12.8 Å². The minimum atomic E-state index is -0.184. The van der Waals surface area contributed by atoms with Crippen LogP contribution < -0.4 is 10.2 Å². The Kier molecular flexibility index (Phi) is 8.46. The summed E-state index contributed by atoms with van der Waals surface area (Å²) >= 11 is 12.9. The third-order valence-electron chi connectivity index (χ3n) is 8.54. The van der Waals surface area contributed by atoms with Crippen molar-refractivity contribution in [1.29, 1.82) is 5.26 Å². The molecule has 2 aromatic heterocycles. The van der Waals surface area contributed by atoms with Crippen molar-refractivity contribution in [3.05, 3.63) is 33.6 Å². The number of amides is 1. The average Bonchev–Trinajstić information content (AvgIpc) is 3.28. The van der Waals surface area contributed by atoms with Gasteiger partial charge >= 0.3 is 0 Å². The van der Waals surface area contributed by atoms with Gasteiger partial charge in [-0.1, -0.05) is 30.1 Å². The van der Waals surface area contributed by atoms with Crippen LogP contribution in [0.3, 0.4) is 0 Å². The van der Waals surface area contributed by atoms with Gasteiger partial charge in [0.15, 0.2) is 11.3 Å². The number of carbonyl (C=O) groups is 1. The summed E-state index contributed by atoms with van der Waals surface area (Å²) < 4.78 is 1.79. The largest absolute Gasteiger partial charge is 0.359 e. The molecule has 3 aliphatic rings. The zero-order chi connectivity index (χ0) is 27.7. The van der Waals surface area contributed by atoms with Gasteiger partial charge in [-0.3, -0.25) is 4.79 Å². The van der Waals surface area contributed by atoms with E-state index < -0.39 is 0 Å².